The average Bonchev–Trinajstić information content (AvgIpc) is 3.75. The summed E-state index contributed by atoms with van der Waals surface area (Å²) < 4.78 is 17.2. The molecule has 10 aromatic rings. The summed E-state index contributed by atoms with van der Waals surface area (Å²) in [5, 5.41) is 5.01. The van der Waals surface area contributed by atoms with E-state index in [1.54, 1.807) is 0 Å². The predicted octanol–water partition coefficient (Wildman–Crippen LogP) is 13.8. The van der Waals surface area contributed by atoms with E-state index in [2.05, 4.69) is 193 Å². The van der Waals surface area contributed by atoms with Gasteiger partial charge in [-0.2, -0.15) is 0 Å². The summed E-state index contributed by atoms with van der Waals surface area (Å²) >= 11 is 0. The van der Waals surface area contributed by atoms with Crippen molar-refractivity contribution >= 4 is 43.6 Å². The molecule has 2 aromatic heterocycles. The summed E-state index contributed by atoms with van der Waals surface area (Å²) in [7, 11) is 0. The molecular weight excluding hydrogens is 673 g/mol. The third-order valence-electron chi connectivity index (χ3n) is 11.0. The van der Waals surface area contributed by atoms with E-state index in [9.17, 15) is 0 Å². The molecule has 0 atom stereocenters. The lowest BCUT2D eigenvalue weighted by Gasteiger charge is -2.26. The van der Waals surface area contributed by atoms with Gasteiger partial charge in [-0.3, -0.25) is 0 Å². The van der Waals surface area contributed by atoms with Crippen molar-refractivity contribution in [1.29, 1.82) is 0 Å². The van der Waals surface area contributed by atoms with Crippen LogP contribution in [0.3, 0.4) is 0 Å². The summed E-state index contributed by atoms with van der Waals surface area (Å²) in [5.41, 5.74) is 9.17. The zero-order valence-corrected chi connectivity index (χ0v) is 30.7. The lowest BCUT2D eigenvalue weighted by molar-refractivity contribution is 0.481. The van der Waals surface area contributed by atoms with Crippen molar-refractivity contribution < 1.29 is 9.47 Å². The largest absolute Gasteiger partial charge is 0.457 e. The zero-order valence-electron chi connectivity index (χ0n) is 30.7. The first-order chi connectivity index (χ1) is 27.0. The molecule has 2 heterocycles. The van der Waals surface area contributed by atoms with Gasteiger partial charge in [0.25, 0.3) is 0 Å². The number of nitrogens with zero attached hydrogens (tertiary/aromatic N) is 2. The van der Waals surface area contributed by atoms with Crippen LogP contribution < -0.4 is 9.47 Å². The lowest BCUT2D eigenvalue weighted by Crippen LogP contribution is -2.18. The molecule has 0 aliphatic carbocycles. The number of hydrogen-bond donors (Lipinski definition) is 0. The van der Waals surface area contributed by atoms with Gasteiger partial charge in [-0.1, -0.05) is 111 Å². The van der Waals surface area contributed by atoms with Crippen LogP contribution in [0.2, 0.25) is 0 Å². The van der Waals surface area contributed by atoms with Crippen molar-refractivity contribution in [3.05, 3.63) is 205 Å². The highest BCUT2D eigenvalue weighted by molar-refractivity contribution is 6.10. The van der Waals surface area contributed by atoms with E-state index in [4.69, 9.17) is 9.47 Å². The molecule has 55 heavy (non-hydrogen) atoms. The fourth-order valence-corrected chi connectivity index (χ4v) is 8.05. The first-order valence-electron chi connectivity index (χ1n) is 18.8. The van der Waals surface area contributed by atoms with Crippen LogP contribution in [0.4, 0.5) is 0 Å². The van der Waals surface area contributed by atoms with Gasteiger partial charge in [-0.15, -0.1) is 0 Å². The molecule has 4 heteroatoms. The van der Waals surface area contributed by atoms with E-state index in [1.165, 1.54) is 54.7 Å². The van der Waals surface area contributed by atoms with Crippen LogP contribution in [-0.4, -0.2) is 9.13 Å². The molecule has 0 saturated heterocycles. The summed E-state index contributed by atoms with van der Waals surface area (Å²) in [5.74, 6) is 3.20. The van der Waals surface area contributed by atoms with E-state index in [1.807, 2.05) is 24.3 Å². The summed E-state index contributed by atoms with van der Waals surface area (Å²) in [6.07, 6.45) is 0. The molecule has 0 saturated carbocycles. The molecule has 10 rings (SSSR count). The van der Waals surface area contributed by atoms with Crippen LogP contribution in [0.5, 0.6) is 23.0 Å². The van der Waals surface area contributed by atoms with Crippen molar-refractivity contribution in [2.45, 2.75) is 19.3 Å². The van der Waals surface area contributed by atoms with Gasteiger partial charge in [0.1, 0.15) is 23.0 Å². The molecule has 0 amide bonds. The van der Waals surface area contributed by atoms with Crippen LogP contribution in [-0.2, 0) is 5.41 Å². The number of aromatic nitrogens is 2. The maximum absolute atomic E-state index is 6.31. The normalized spacial score (nSPS) is 11.8. The summed E-state index contributed by atoms with van der Waals surface area (Å²) in [6, 6.07) is 67.8. The predicted molar refractivity (Wildman–Crippen MR) is 227 cm³/mol. The first-order valence-corrected chi connectivity index (χ1v) is 18.8. The molecule has 0 aliphatic heterocycles. The van der Waals surface area contributed by atoms with Gasteiger partial charge in [0.15, 0.2) is 0 Å². The van der Waals surface area contributed by atoms with Crippen molar-refractivity contribution in [1.82, 2.24) is 9.13 Å². The van der Waals surface area contributed by atoms with Crippen LogP contribution in [0.25, 0.3) is 55.0 Å². The number of para-hydroxylation sites is 4. The van der Waals surface area contributed by atoms with E-state index in [0.717, 1.165) is 34.4 Å². The van der Waals surface area contributed by atoms with E-state index in [-0.39, 0.29) is 5.41 Å². The molecule has 0 fully saturated rings. The monoisotopic (exact) mass is 710 g/mol. The van der Waals surface area contributed by atoms with Crippen LogP contribution >= 0.6 is 0 Å². The zero-order chi connectivity index (χ0) is 36.9. The Balaban J connectivity index is 0.822. The Morgan fingerprint density at radius 2 is 0.564 bits per heavy atom. The fourth-order valence-electron chi connectivity index (χ4n) is 8.05. The molecule has 0 aliphatic rings. The molecule has 0 bridgehead atoms. The minimum Gasteiger partial charge on any atom is -0.457 e. The van der Waals surface area contributed by atoms with Crippen LogP contribution in [0.1, 0.15) is 25.0 Å². The Kier molecular flexibility index (Phi) is 7.77. The highest BCUT2D eigenvalue weighted by atomic mass is 16.5. The number of rotatable bonds is 8. The van der Waals surface area contributed by atoms with Gasteiger partial charge >= 0.3 is 0 Å². The molecule has 0 N–H and O–H groups in total. The van der Waals surface area contributed by atoms with E-state index >= 15 is 0 Å². The molecule has 0 radical (unpaired) electrons. The fraction of sp³-hybridized carbons (Fsp3) is 0.0588. The van der Waals surface area contributed by atoms with E-state index < -0.39 is 0 Å². The average molecular weight is 711 g/mol. The molecule has 0 unspecified atom stereocenters. The highest BCUT2D eigenvalue weighted by Gasteiger charge is 2.23. The Hall–Kier alpha value is -7.04. The third kappa shape index (κ3) is 5.71. The Morgan fingerprint density at radius 1 is 0.309 bits per heavy atom. The molecule has 264 valence electrons. The summed E-state index contributed by atoms with van der Waals surface area (Å²) in [4.78, 5) is 0. The topological polar surface area (TPSA) is 28.3 Å². The third-order valence-corrected chi connectivity index (χ3v) is 11.0. The lowest BCUT2D eigenvalue weighted by atomic mass is 9.78. The van der Waals surface area contributed by atoms with Gasteiger partial charge in [0.05, 0.1) is 22.1 Å². The Morgan fingerprint density at radius 3 is 0.855 bits per heavy atom. The first kappa shape index (κ1) is 32.6. The number of fused-ring (bicyclic) bond motifs is 6. The van der Waals surface area contributed by atoms with Crippen molar-refractivity contribution in [3.8, 4) is 34.4 Å². The van der Waals surface area contributed by atoms with Gasteiger partial charge < -0.3 is 18.6 Å². The Labute approximate surface area is 320 Å². The number of benzene rings is 8. The Bertz CT molecular complexity index is 2660. The molecule has 4 nitrogen and oxygen atoms in total. The molecular formula is C51H38N2O2. The smallest absolute Gasteiger partial charge is 0.127 e. The standard InChI is InChI=1S/C51H38N2O2/c1-51(2,35-19-27-39(28-20-35)54-41-31-23-37(24-32-41)52-47-15-7-3-11-43(47)44-12-4-8-16-48(44)52)36-21-29-40(30-22-36)55-42-33-25-38(26-34-42)53-49-17-9-5-13-45(49)46-14-6-10-18-50(46)53/h3-34H,1-2H3. The maximum atomic E-state index is 6.31. The van der Waals surface area contributed by atoms with E-state index in [0.29, 0.717) is 0 Å². The number of hydrogen-bond acceptors (Lipinski definition) is 2. The highest BCUT2D eigenvalue weighted by Crippen LogP contribution is 2.37. The molecule has 0 spiro atoms. The number of ether oxygens (including phenoxy) is 2. The second-order valence-corrected chi connectivity index (χ2v) is 14.6. The molecule has 8 aromatic carbocycles. The van der Waals surface area contributed by atoms with Gasteiger partial charge in [0.2, 0.25) is 0 Å². The minimum absolute atomic E-state index is 0.217. The quantitative estimate of drug-likeness (QED) is 0.157. The maximum Gasteiger partial charge on any atom is 0.127 e. The van der Waals surface area contributed by atoms with Crippen molar-refractivity contribution in [3.63, 3.8) is 0 Å². The van der Waals surface area contributed by atoms with Crippen LogP contribution in [0, 0.1) is 0 Å². The van der Waals surface area contributed by atoms with Crippen molar-refractivity contribution in [2.75, 3.05) is 0 Å². The van der Waals surface area contributed by atoms with Gasteiger partial charge in [-0.25, -0.2) is 0 Å². The summed E-state index contributed by atoms with van der Waals surface area (Å²) in [6.45, 7) is 4.50. The van der Waals surface area contributed by atoms with Gasteiger partial charge in [-0.05, 0) is 108 Å². The second-order valence-electron chi connectivity index (χ2n) is 14.6. The van der Waals surface area contributed by atoms with Crippen LogP contribution in [0.15, 0.2) is 194 Å². The van der Waals surface area contributed by atoms with Gasteiger partial charge in [0, 0.05) is 38.3 Å². The second kappa shape index (κ2) is 13.1. The van der Waals surface area contributed by atoms with Crippen molar-refractivity contribution in [2.24, 2.45) is 0 Å². The minimum atomic E-state index is -0.217. The SMILES string of the molecule is CC(C)(c1ccc(Oc2ccc(-n3c4ccccc4c4ccccc43)cc2)cc1)c1ccc(Oc2ccc(-n3c4ccccc4c4ccccc43)cc2)cc1.